The van der Waals surface area contributed by atoms with Crippen LogP contribution in [-0.4, -0.2) is 27.3 Å². The van der Waals surface area contributed by atoms with Crippen molar-refractivity contribution in [3.8, 4) is 0 Å². The average Bonchev–Trinajstić information content (AvgIpc) is 2.88. The number of esters is 1. The summed E-state index contributed by atoms with van der Waals surface area (Å²) in [5, 5.41) is 5.09. The van der Waals surface area contributed by atoms with Crippen LogP contribution >= 0.6 is 11.3 Å². The van der Waals surface area contributed by atoms with E-state index in [1.807, 2.05) is 0 Å². The van der Waals surface area contributed by atoms with E-state index in [9.17, 15) is 9.59 Å². The summed E-state index contributed by atoms with van der Waals surface area (Å²) in [7, 11) is 0. The highest BCUT2D eigenvalue weighted by molar-refractivity contribution is 7.07. The zero-order valence-electron chi connectivity index (χ0n) is 9.87. The molecular weight excluding hydrogens is 258 g/mol. The molecule has 2 aromatic rings. The van der Waals surface area contributed by atoms with Gasteiger partial charge in [0, 0.05) is 5.38 Å². The van der Waals surface area contributed by atoms with Crippen molar-refractivity contribution in [2.24, 2.45) is 0 Å². The number of aromatic nitrogens is 3. The van der Waals surface area contributed by atoms with E-state index < -0.39 is 5.97 Å². The Morgan fingerprint density at radius 2 is 2.39 bits per heavy atom. The van der Waals surface area contributed by atoms with Crippen LogP contribution in [0.25, 0.3) is 0 Å². The van der Waals surface area contributed by atoms with Crippen LogP contribution in [-0.2, 0) is 11.3 Å². The van der Waals surface area contributed by atoms with E-state index in [0.29, 0.717) is 5.82 Å². The summed E-state index contributed by atoms with van der Waals surface area (Å²) in [4.78, 5) is 27.0. The Bertz CT molecular complexity index is 613. The number of thiazole rings is 1. The van der Waals surface area contributed by atoms with Crippen LogP contribution in [0.3, 0.4) is 0 Å². The minimum Gasteiger partial charge on any atom is -0.461 e. The summed E-state index contributed by atoms with van der Waals surface area (Å²) >= 11 is 0.928. The molecule has 0 aromatic carbocycles. The lowest BCUT2D eigenvalue weighted by Crippen LogP contribution is -2.21. The second kappa shape index (κ2) is 5.13. The Morgan fingerprint density at radius 1 is 1.61 bits per heavy atom. The standard InChI is InChI=1S/C10H11N3O4S/c1-3-16-9(14)7-5-18-10(15)13(7)4-8-11-6(2)12-17-8/h5H,3-4H2,1-2H3. The molecule has 2 aromatic heterocycles. The van der Waals surface area contributed by atoms with Crippen molar-refractivity contribution in [3.63, 3.8) is 0 Å². The number of carbonyl (C=O) groups is 1. The molecule has 0 atom stereocenters. The van der Waals surface area contributed by atoms with Crippen molar-refractivity contribution >= 4 is 17.3 Å². The van der Waals surface area contributed by atoms with Crippen LogP contribution < -0.4 is 4.87 Å². The van der Waals surface area contributed by atoms with Gasteiger partial charge in [-0.05, 0) is 13.8 Å². The van der Waals surface area contributed by atoms with Crippen molar-refractivity contribution in [1.29, 1.82) is 0 Å². The molecule has 0 amide bonds. The molecule has 96 valence electrons. The van der Waals surface area contributed by atoms with Gasteiger partial charge in [0.15, 0.2) is 5.82 Å². The molecule has 0 spiro atoms. The number of carbonyl (C=O) groups excluding carboxylic acids is 1. The molecule has 0 unspecified atom stereocenters. The van der Waals surface area contributed by atoms with Crippen molar-refractivity contribution < 1.29 is 14.1 Å². The third kappa shape index (κ3) is 2.48. The topological polar surface area (TPSA) is 87.2 Å². The normalized spacial score (nSPS) is 10.6. The van der Waals surface area contributed by atoms with Crippen LogP contribution in [0, 0.1) is 6.92 Å². The van der Waals surface area contributed by atoms with E-state index in [2.05, 4.69) is 10.1 Å². The predicted octanol–water partition coefficient (Wildman–Crippen LogP) is 0.826. The Hall–Kier alpha value is -1.96. The first-order valence-electron chi connectivity index (χ1n) is 5.26. The van der Waals surface area contributed by atoms with Crippen molar-refractivity contribution in [2.45, 2.75) is 20.4 Å². The summed E-state index contributed by atoms with van der Waals surface area (Å²) in [5.74, 6) is 0.219. The molecule has 2 heterocycles. The monoisotopic (exact) mass is 269 g/mol. The lowest BCUT2D eigenvalue weighted by Gasteiger charge is -2.03. The second-order valence-corrected chi connectivity index (χ2v) is 4.25. The third-order valence-corrected chi connectivity index (χ3v) is 2.89. The van der Waals surface area contributed by atoms with Gasteiger partial charge in [0.05, 0.1) is 6.61 Å². The molecular formula is C10H11N3O4S. The highest BCUT2D eigenvalue weighted by atomic mass is 32.1. The van der Waals surface area contributed by atoms with Gasteiger partial charge in [-0.1, -0.05) is 16.5 Å². The maximum Gasteiger partial charge on any atom is 0.355 e. The molecule has 0 aliphatic rings. The summed E-state index contributed by atoms with van der Waals surface area (Å²) in [6.07, 6.45) is 0. The zero-order chi connectivity index (χ0) is 13.1. The number of hydrogen-bond donors (Lipinski definition) is 0. The minimum absolute atomic E-state index is 0.0668. The first-order chi connectivity index (χ1) is 8.61. The molecule has 0 saturated heterocycles. The van der Waals surface area contributed by atoms with E-state index in [1.54, 1.807) is 13.8 Å². The number of ether oxygens (including phenoxy) is 1. The molecule has 2 rings (SSSR count). The molecule has 8 heteroatoms. The van der Waals surface area contributed by atoms with E-state index in [0.717, 1.165) is 11.3 Å². The molecule has 0 N–H and O–H groups in total. The summed E-state index contributed by atoms with van der Waals surface area (Å²) in [6.45, 7) is 3.70. The molecule has 0 fully saturated rings. The van der Waals surface area contributed by atoms with Gasteiger partial charge in [-0.15, -0.1) is 0 Å². The lowest BCUT2D eigenvalue weighted by molar-refractivity contribution is 0.0513. The van der Waals surface area contributed by atoms with Crippen LogP contribution in [0.2, 0.25) is 0 Å². The summed E-state index contributed by atoms with van der Waals surface area (Å²) in [5.41, 5.74) is 0.197. The van der Waals surface area contributed by atoms with Gasteiger partial charge in [-0.2, -0.15) is 4.98 Å². The Morgan fingerprint density at radius 3 is 3.00 bits per heavy atom. The first-order valence-corrected chi connectivity index (χ1v) is 6.14. The quantitative estimate of drug-likeness (QED) is 0.764. The maximum atomic E-state index is 11.6. The maximum absolute atomic E-state index is 11.6. The van der Waals surface area contributed by atoms with Crippen LogP contribution in [0.1, 0.15) is 29.1 Å². The number of hydrogen-bond acceptors (Lipinski definition) is 7. The fraction of sp³-hybridized carbons (Fsp3) is 0.400. The zero-order valence-corrected chi connectivity index (χ0v) is 10.7. The average molecular weight is 269 g/mol. The Kier molecular flexibility index (Phi) is 3.56. The van der Waals surface area contributed by atoms with Gasteiger partial charge in [-0.3, -0.25) is 9.36 Å². The van der Waals surface area contributed by atoms with Crippen LogP contribution in [0.4, 0.5) is 0 Å². The predicted molar refractivity (Wildman–Crippen MR) is 62.7 cm³/mol. The summed E-state index contributed by atoms with van der Waals surface area (Å²) < 4.78 is 11.0. The van der Waals surface area contributed by atoms with Gasteiger partial charge >= 0.3 is 10.8 Å². The second-order valence-electron chi connectivity index (χ2n) is 3.43. The van der Waals surface area contributed by atoms with Gasteiger partial charge in [0.1, 0.15) is 12.2 Å². The largest absolute Gasteiger partial charge is 0.461 e. The Labute approximate surface area is 106 Å². The molecule has 0 bridgehead atoms. The van der Waals surface area contributed by atoms with Crippen molar-refractivity contribution in [2.75, 3.05) is 6.61 Å². The minimum atomic E-state index is -0.535. The smallest absolute Gasteiger partial charge is 0.355 e. The number of rotatable bonds is 4. The van der Waals surface area contributed by atoms with E-state index in [-0.39, 0.29) is 29.6 Å². The van der Waals surface area contributed by atoms with Gasteiger partial charge in [-0.25, -0.2) is 4.79 Å². The molecule has 7 nitrogen and oxygen atoms in total. The van der Waals surface area contributed by atoms with Crippen LogP contribution in [0.5, 0.6) is 0 Å². The highest BCUT2D eigenvalue weighted by Gasteiger charge is 2.17. The van der Waals surface area contributed by atoms with E-state index >= 15 is 0 Å². The van der Waals surface area contributed by atoms with Crippen molar-refractivity contribution in [3.05, 3.63) is 32.5 Å². The van der Waals surface area contributed by atoms with Crippen molar-refractivity contribution in [1.82, 2.24) is 14.7 Å². The van der Waals surface area contributed by atoms with Gasteiger partial charge < -0.3 is 9.26 Å². The Balaban J connectivity index is 2.29. The molecule has 0 saturated carbocycles. The molecule has 0 aliphatic heterocycles. The van der Waals surface area contributed by atoms with Gasteiger partial charge in [0.2, 0.25) is 5.89 Å². The molecule has 18 heavy (non-hydrogen) atoms. The van der Waals surface area contributed by atoms with E-state index in [1.165, 1.54) is 9.95 Å². The molecule has 0 aliphatic carbocycles. The number of aryl methyl sites for hydroxylation is 1. The SMILES string of the molecule is CCOC(=O)c1csc(=O)n1Cc1nc(C)no1. The number of nitrogens with zero attached hydrogens (tertiary/aromatic N) is 3. The fourth-order valence-electron chi connectivity index (χ4n) is 1.38. The van der Waals surface area contributed by atoms with Gasteiger partial charge in [0.25, 0.3) is 0 Å². The summed E-state index contributed by atoms with van der Waals surface area (Å²) in [6, 6.07) is 0. The van der Waals surface area contributed by atoms with E-state index in [4.69, 9.17) is 9.26 Å². The highest BCUT2D eigenvalue weighted by Crippen LogP contribution is 2.07. The third-order valence-electron chi connectivity index (χ3n) is 2.13. The lowest BCUT2D eigenvalue weighted by atomic mass is 10.4. The van der Waals surface area contributed by atoms with Crippen LogP contribution in [0.15, 0.2) is 14.7 Å². The molecule has 0 radical (unpaired) electrons. The first kappa shape index (κ1) is 12.5. The fourth-order valence-corrected chi connectivity index (χ4v) is 2.11.